The van der Waals surface area contributed by atoms with E-state index in [-0.39, 0.29) is 0 Å². The van der Waals surface area contributed by atoms with Crippen molar-refractivity contribution in [2.24, 2.45) is 5.92 Å². The van der Waals surface area contributed by atoms with Crippen molar-refractivity contribution in [1.82, 2.24) is 9.80 Å². The van der Waals surface area contributed by atoms with Gasteiger partial charge in [-0.15, -0.1) is 0 Å². The third-order valence-corrected chi connectivity index (χ3v) is 4.22. The molecule has 3 heteroatoms. The first-order valence-electron chi connectivity index (χ1n) is 6.09. The quantitative estimate of drug-likeness (QED) is 0.646. The Balaban J connectivity index is 2.09. The van der Waals surface area contributed by atoms with Crippen molar-refractivity contribution in [3.8, 4) is 0 Å². The van der Waals surface area contributed by atoms with Crippen LogP contribution in [0.4, 0.5) is 0 Å². The molecule has 0 aromatic carbocycles. The fourth-order valence-electron chi connectivity index (χ4n) is 3.15. The number of ether oxygens (including phenoxy) is 1. The maximum absolute atomic E-state index is 5.50. The van der Waals surface area contributed by atoms with E-state index in [4.69, 9.17) is 4.74 Å². The number of hydrogen-bond acceptors (Lipinski definition) is 3. The molecule has 0 amide bonds. The van der Waals surface area contributed by atoms with Gasteiger partial charge in [0.25, 0.3) is 0 Å². The van der Waals surface area contributed by atoms with Crippen LogP contribution in [0.25, 0.3) is 0 Å². The Morgan fingerprint density at radius 3 is 2.53 bits per heavy atom. The Hall–Kier alpha value is -0.120. The molecule has 0 aromatic rings. The highest BCUT2D eigenvalue weighted by Gasteiger charge is 2.39. The predicted octanol–water partition coefficient (Wildman–Crippen LogP) is 1.05. The Bertz CT molecular complexity index is 222. The molecular formula is C12H24N2O. The molecule has 2 fully saturated rings. The van der Waals surface area contributed by atoms with Gasteiger partial charge in [0.1, 0.15) is 0 Å². The number of rotatable bonds is 1. The van der Waals surface area contributed by atoms with Gasteiger partial charge in [0.2, 0.25) is 0 Å². The summed E-state index contributed by atoms with van der Waals surface area (Å²) in [6.45, 7) is 8.29. The van der Waals surface area contributed by atoms with Crippen molar-refractivity contribution in [3.63, 3.8) is 0 Å². The zero-order chi connectivity index (χ0) is 11.0. The molecule has 0 bridgehead atoms. The molecule has 2 rings (SSSR count). The van der Waals surface area contributed by atoms with E-state index in [9.17, 15) is 0 Å². The highest BCUT2D eigenvalue weighted by Crippen LogP contribution is 2.28. The fourth-order valence-corrected chi connectivity index (χ4v) is 3.15. The monoisotopic (exact) mass is 212 g/mol. The molecule has 2 aliphatic rings. The lowest BCUT2D eigenvalue weighted by molar-refractivity contribution is 0.0952. The van der Waals surface area contributed by atoms with E-state index in [1.807, 2.05) is 7.11 Å². The Morgan fingerprint density at radius 2 is 1.87 bits per heavy atom. The van der Waals surface area contributed by atoms with Gasteiger partial charge in [0, 0.05) is 38.8 Å². The van der Waals surface area contributed by atoms with E-state index in [1.54, 1.807) is 0 Å². The zero-order valence-electron chi connectivity index (χ0n) is 10.4. The van der Waals surface area contributed by atoms with Crippen LogP contribution in [-0.4, -0.2) is 61.8 Å². The second kappa shape index (κ2) is 4.40. The van der Waals surface area contributed by atoms with Crippen molar-refractivity contribution in [2.75, 3.05) is 33.8 Å². The van der Waals surface area contributed by atoms with Gasteiger partial charge < -0.3 is 9.64 Å². The molecular weight excluding hydrogens is 188 g/mol. The molecule has 0 aromatic heterocycles. The maximum atomic E-state index is 5.50. The van der Waals surface area contributed by atoms with Crippen LogP contribution in [0.15, 0.2) is 0 Å². The third-order valence-electron chi connectivity index (χ3n) is 4.22. The summed E-state index contributed by atoms with van der Waals surface area (Å²) in [5, 5.41) is 0. The summed E-state index contributed by atoms with van der Waals surface area (Å²) in [5.74, 6) is 0.760. The second-order valence-corrected chi connectivity index (χ2v) is 5.38. The van der Waals surface area contributed by atoms with E-state index >= 15 is 0 Å². The van der Waals surface area contributed by atoms with Crippen LogP contribution in [0.2, 0.25) is 0 Å². The first-order valence-corrected chi connectivity index (χ1v) is 6.09. The van der Waals surface area contributed by atoms with Crippen LogP contribution in [0.1, 0.15) is 20.3 Å². The fraction of sp³-hybridized carbons (Fsp3) is 1.00. The number of fused-ring (bicyclic) bond motifs is 1. The van der Waals surface area contributed by atoms with Gasteiger partial charge in [-0.3, -0.25) is 4.90 Å². The Kier molecular flexibility index (Phi) is 3.33. The molecule has 3 nitrogen and oxygen atoms in total. The Morgan fingerprint density at radius 1 is 1.13 bits per heavy atom. The zero-order valence-corrected chi connectivity index (χ0v) is 10.4. The SMILES string of the molecule is COC1CC2CN(C)C[C@@H](C)[C@@H](C)N2C1. The molecule has 0 radical (unpaired) electrons. The van der Waals surface area contributed by atoms with Crippen LogP contribution in [0.5, 0.6) is 0 Å². The highest BCUT2D eigenvalue weighted by atomic mass is 16.5. The minimum atomic E-state index is 0.455. The average Bonchev–Trinajstić information content (AvgIpc) is 2.55. The molecule has 4 atom stereocenters. The topological polar surface area (TPSA) is 15.7 Å². The van der Waals surface area contributed by atoms with Gasteiger partial charge in [-0.05, 0) is 26.3 Å². The summed E-state index contributed by atoms with van der Waals surface area (Å²) in [6.07, 6.45) is 1.66. The summed E-state index contributed by atoms with van der Waals surface area (Å²) in [7, 11) is 4.08. The van der Waals surface area contributed by atoms with E-state index in [0.29, 0.717) is 18.2 Å². The summed E-state index contributed by atoms with van der Waals surface area (Å²) >= 11 is 0. The summed E-state index contributed by atoms with van der Waals surface area (Å²) in [5.41, 5.74) is 0. The first kappa shape index (κ1) is 11.4. The van der Waals surface area contributed by atoms with Crippen LogP contribution < -0.4 is 0 Å². The van der Waals surface area contributed by atoms with Gasteiger partial charge in [0.15, 0.2) is 0 Å². The standard InChI is InChI=1S/C12H24N2O/c1-9-6-13(3)7-11-5-12(15-4)8-14(11)10(9)2/h9-12H,5-8H2,1-4H3/t9-,10-,11?,12?/m1/s1. The van der Waals surface area contributed by atoms with Crippen LogP contribution in [-0.2, 0) is 4.74 Å². The minimum Gasteiger partial charge on any atom is -0.380 e. The third kappa shape index (κ3) is 2.19. The minimum absolute atomic E-state index is 0.455. The van der Waals surface area contributed by atoms with Gasteiger partial charge >= 0.3 is 0 Å². The number of hydrogen-bond donors (Lipinski definition) is 0. The smallest absolute Gasteiger partial charge is 0.0713 e. The van der Waals surface area contributed by atoms with Crippen molar-refractivity contribution < 1.29 is 4.74 Å². The molecule has 88 valence electrons. The van der Waals surface area contributed by atoms with E-state index in [1.165, 1.54) is 19.5 Å². The van der Waals surface area contributed by atoms with Crippen molar-refractivity contribution in [3.05, 3.63) is 0 Å². The molecule has 2 heterocycles. The normalized spacial score (nSPS) is 44.0. The molecule has 2 aliphatic heterocycles. The molecule has 0 N–H and O–H groups in total. The second-order valence-electron chi connectivity index (χ2n) is 5.38. The first-order chi connectivity index (χ1) is 7.11. The van der Waals surface area contributed by atoms with E-state index < -0.39 is 0 Å². The molecule has 2 unspecified atom stereocenters. The lowest BCUT2D eigenvalue weighted by atomic mass is 10.0. The molecule has 2 saturated heterocycles. The molecule has 0 spiro atoms. The largest absolute Gasteiger partial charge is 0.380 e. The van der Waals surface area contributed by atoms with Gasteiger partial charge in [-0.25, -0.2) is 0 Å². The predicted molar refractivity (Wildman–Crippen MR) is 62.0 cm³/mol. The van der Waals surface area contributed by atoms with Crippen molar-refractivity contribution in [2.45, 2.75) is 38.5 Å². The summed E-state index contributed by atoms with van der Waals surface area (Å²) < 4.78 is 5.50. The lowest BCUT2D eigenvalue weighted by Gasteiger charge is -2.30. The number of nitrogens with zero attached hydrogens (tertiary/aromatic N) is 2. The number of methoxy groups -OCH3 is 1. The van der Waals surface area contributed by atoms with Gasteiger partial charge in [-0.1, -0.05) is 6.92 Å². The van der Waals surface area contributed by atoms with E-state index in [0.717, 1.165) is 12.5 Å². The van der Waals surface area contributed by atoms with Crippen LogP contribution in [0, 0.1) is 5.92 Å². The maximum Gasteiger partial charge on any atom is 0.0713 e. The average molecular weight is 212 g/mol. The molecule has 0 saturated carbocycles. The van der Waals surface area contributed by atoms with Crippen LogP contribution >= 0.6 is 0 Å². The van der Waals surface area contributed by atoms with Crippen LogP contribution in [0.3, 0.4) is 0 Å². The summed E-state index contributed by atoms with van der Waals surface area (Å²) in [4.78, 5) is 5.13. The molecule has 15 heavy (non-hydrogen) atoms. The van der Waals surface area contributed by atoms with E-state index in [2.05, 4.69) is 30.7 Å². The number of likely N-dealkylation sites (N-methyl/N-ethyl adjacent to an activating group) is 1. The van der Waals surface area contributed by atoms with Crippen molar-refractivity contribution >= 4 is 0 Å². The lowest BCUT2D eigenvalue weighted by Crippen LogP contribution is -2.41. The summed E-state index contributed by atoms with van der Waals surface area (Å²) in [6, 6.07) is 1.40. The Labute approximate surface area is 93.4 Å². The molecule has 0 aliphatic carbocycles. The van der Waals surface area contributed by atoms with Crippen molar-refractivity contribution in [1.29, 1.82) is 0 Å². The highest BCUT2D eigenvalue weighted by molar-refractivity contribution is 4.94. The van der Waals surface area contributed by atoms with Gasteiger partial charge in [0.05, 0.1) is 6.10 Å². The van der Waals surface area contributed by atoms with Gasteiger partial charge in [-0.2, -0.15) is 0 Å².